The largest absolute Gasteiger partial charge is 1.00 e. The minimum absolute atomic E-state index is 0. The maximum atomic E-state index is 12.0. The van der Waals surface area contributed by atoms with Crippen molar-refractivity contribution in [2.75, 3.05) is 0 Å². The van der Waals surface area contributed by atoms with Crippen molar-refractivity contribution in [3.8, 4) is 0 Å². The fourth-order valence-corrected chi connectivity index (χ4v) is 3.78. The van der Waals surface area contributed by atoms with E-state index in [4.69, 9.17) is 10.7 Å². The molecule has 2 saturated carbocycles. The molecule has 2 aliphatic carbocycles. The van der Waals surface area contributed by atoms with Gasteiger partial charge in [0.1, 0.15) is 0 Å². The van der Waals surface area contributed by atoms with E-state index < -0.39 is 67.2 Å². The van der Waals surface area contributed by atoms with Crippen molar-refractivity contribution in [2.45, 2.75) is 48.0 Å². The van der Waals surface area contributed by atoms with E-state index in [0.29, 0.717) is 0 Å². The first-order chi connectivity index (χ1) is 8.62. The van der Waals surface area contributed by atoms with E-state index in [1.165, 1.54) is 0 Å². The maximum Gasteiger partial charge on any atom is 1.00 e. The molecule has 2 aliphatic rings. The van der Waals surface area contributed by atoms with Crippen LogP contribution in [0.15, 0.2) is 0 Å². The molecular weight excluding hydrogens is 391 g/mol. The van der Waals surface area contributed by atoms with E-state index in [9.17, 15) is 39.0 Å². The summed E-state index contributed by atoms with van der Waals surface area (Å²) in [4.78, 5) is 0. The molecule has 2 rings (SSSR count). The fraction of sp³-hybridized carbons (Fsp3) is 1.00. The van der Waals surface area contributed by atoms with Crippen molar-refractivity contribution < 1.29 is 90.3 Å². The molecule has 0 radical (unpaired) electrons. The van der Waals surface area contributed by atoms with Gasteiger partial charge in [0.2, 0.25) is 9.05 Å². The second-order valence-electron chi connectivity index (χ2n) is 4.74. The molecule has 21 heavy (non-hydrogen) atoms. The molecule has 5 nitrogen and oxygen atoms in total. The van der Waals surface area contributed by atoms with Crippen molar-refractivity contribution in [3.63, 3.8) is 0 Å². The zero-order valence-corrected chi connectivity index (χ0v) is 16.2. The molecule has 0 saturated heterocycles. The van der Waals surface area contributed by atoms with Gasteiger partial charge in [-0.1, -0.05) is 0 Å². The van der Waals surface area contributed by atoms with Gasteiger partial charge in [0.25, 0.3) is 11.8 Å². The fourth-order valence-electron chi connectivity index (χ4n) is 1.62. The third kappa shape index (κ3) is 7.29. The second kappa shape index (κ2) is 7.17. The van der Waals surface area contributed by atoms with Gasteiger partial charge in [0, 0.05) is 36.4 Å². The summed E-state index contributed by atoms with van der Waals surface area (Å²) < 4.78 is 98.5. The molecule has 0 bridgehead atoms. The predicted octanol–water partition coefficient (Wildman–Crippen LogP) is -1.31. The predicted molar refractivity (Wildman–Crippen MR) is 60.4 cm³/mol. The quantitative estimate of drug-likeness (QED) is 0.248. The molecule has 0 spiro atoms. The Morgan fingerprint density at radius 3 is 1.24 bits per heavy atom. The van der Waals surface area contributed by atoms with Crippen LogP contribution in [0.5, 0.6) is 0 Å². The summed E-state index contributed by atoms with van der Waals surface area (Å²) in [6.45, 7) is 0. The summed E-state index contributed by atoms with van der Waals surface area (Å²) in [5.74, 6) is -5.74. The van der Waals surface area contributed by atoms with Crippen LogP contribution >= 0.6 is 10.7 Å². The van der Waals surface area contributed by atoms with Gasteiger partial charge in [0.05, 0.1) is 20.6 Å². The molecule has 0 atom stereocenters. The summed E-state index contributed by atoms with van der Waals surface area (Å²) in [7, 11) is -3.41. The average Bonchev–Trinajstić information content (AvgIpc) is 2.08. The van der Waals surface area contributed by atoms with Crippen LogP contribution in [0.1, 0.15) is 25.7 Å². The normalized spacial score (nSPS) is 24.7. The first-order valence-electron chi connectivity index (χ1n) is 5.26. The molecule has 0 aliphatic heterocycles. The summed E-state index contributed by atoms with van der Waals surface area (Å²) in [6, 6.07) is 0. The zero-order valence-electron chi connectivity index (χ0n) is 10.7. The van der Waals surface area contributed by atoms with Crippen molar-refractivity contribution in [1.29, 1.82) is 0 Å². The minimum Gasteiger partial charge on any atom is -0.748 e. The Morgan fingerprint density at radius 1 is 0.857 bits per heavy atom. The summed E-state index contributed by atoms with van der Waals surface area (Å²) >= 11 is 0. The molecule has 0 aromatic carbocycles. The molecule has 120 valence electrons. The molecule has 0 N–H and O–H groups in total. The van der Waals surface area contributed by atoms with E-state index in [-0.39, 0.29) is 51.4 Å². The standard InChI is InChI=1S/C4H5ClF2O2S.C4H6F2O3S.K/c5-10(8,9)3-1-4(6,7)2-3;5-4(6)1-3(2-4)10(7,8)9;/h3H,1-2H2;3H,1-2H2,(H,7,8,9);/q;;+1/p-1. The smallest absolute Gasteiger partial charge is 0.748 e. The van der Waals surface area contributed by atoms with Crippen LogP contribution in [0.2, 0.25) is 0 Å². The van der Waals surface area contributed by atoms with Gasteiger partial charge < -0.3 is 4.55 Å². The monoisotopic (exact) mass is 400 g/mol. The third-order valence-electron chi connectivity index (χ3n) is 2.91. The first kappa shape index (κ1) is 22.5. The average molecular weight is 401 g/mol. The van der Waals surface area contributed by atoms with E-state index in [1.807, 2.05) is 0 Å². The van der Waals surface area contributed by atoms with Gasteiger partial charge in [-0.2, -0.15) is 0 Å². The van der Waals surface area contributed by atoms with E-state index in [0.717, 1.165) is 0 Å². The molecule has 0 unspecified atom stereocenters. The van der Waals surface area contributed by atoms with Gasteiger partial charge >= 0.3 is 51.4 Å². The van der Waals surface area contributed by atoms with E-state index in [1.54, 1.807) is 0 Å². The van der Waals surface area contributed by atoms with Crippen LogP contribution in [-0.2, 0) is 19.2 Å². The Bertz CT molecular complexity index is 511. The molecule has 0 amide bonds. The Balaban J connectivity index is 0.000000364. The number of hydrogen-bond donors (Lipinski definition) is 0. The van der Waals surface area contributed by atoms with Gasteiger partial charge in [-0.25, -0.2) is 34.4 Å². The van der Waals surface area contributed by atoms with Crippen LogP contribution in [0.4, 0.5) is 17.6 Å². The molecule has 0 aromatic heterocycles. The van der Waals surface area contributed by atoms with Crippen molar-refractivity contribution in [3.05, 3.63) is 0 Å². The van der Waals surface area contributed by atoms with Gasteiger partial charge in [-0.15, -0.1) is 0 Å². The summed E-state index contributed by atoms with van der Waals surface area (Å²) in [6.07, 6.45) is -2.87. The number of halogens is 5. The van der Waals surface area contributed by atoms with Crippen molar-refractivity contribution >= 4 is 29.9 Å². The van der Waals surface area contributed by atoms with Crippen molar-refractivity contribution in [1.82, 2.24) is 0 Å². The number of rotatable bonds is 2. The Kier molecular flexibility index (Phi) is 7.69. The number of alkyl halides is 4. The Hall–Kier alpha value is 1.51. The van der Waals surface area contributed by atoms with E-state index in [2.05, 4.69) is 0 Å². The van der Waals surface area contributed by atoms with E-state index >= 15 is 0 Å². The topological polar surface area (TPSA) is 91.3 Å². The molecule has 13 heteroatoms. The van der Waals surface area contributed by atoms with Crippen LogP contribution in [0, 0.1) is 0 Å². The molecule has 0 aromatic rings. The van der Waals surface area contributed by atoms with Crippen molar-refractivity contribution in [2.24, 2.45) is 0 Å². The minimum atomic E-state index is -4.47. The first-order valence-corrected chi connectivity index (χ1v) is 9.11. The van der Waals surface area contributed by atoms with Crippen LogP contribution in [0.3, 0.4) is 0 Å². The second-order valence-corrected chi connectivity index (χ2v) is 9.30. The Morgan fingerprint density at radius 2 is 1.14 bits per heavy atom. The number of hydrogen-bond acceptors (Lipinski definition) is 5. The van der Waals surface area contributed by atoms with Gasteiger partial charge in [0.15, 0.2) is 0 Å². The zero-order chi connectivity index (χ0) is 16.0. The SMILES string of the molecule is O=S(=O)(Cl)C1CC(F)(F)C1.O=S(=O)([O-])C1CC(F)(F)C1.[K+]. The van der Waals surface area contributed by atoms with Crippen LogP contribution in [-0.4, -0.2) is 43.7 Å². The third-order valence-corrected chi connectivity index (χ3v) is 5.95. The molecule has 0 heterocycles. The van der Waals surface area contributed by atoms with Gasteiger partial charge in [-0.05, 0) is 0 Å². The van der Waals surface area contributed by atoms with Crippen LogP contribution < -0.4 is 51.4 Å². The van der Waals surface area contributed by atoms with Crippen LogP contribution in [0.25, 0.3) is 0 Å². The summed E-state index contributed by atoms with van der Waals surface area (Å²) in [5.41, 5.74) is 0. The van der Waals surface area contributed by atoms with Gasteiger partial charge in [-0.3, -0.25) is 0 Å². The molecule has 2 fully saturated rings. The molecular formula is C8H10ClF4KO5S2. The maximum absolute atomic E-state index is 12.0. The Labute approximate surface area is 166 Å². The summed E-state index contributed by atoms with van der Waals surface area (Å²) in [5, 5.41) is -2.40.